The van der Waals surface area contributed by atoms with Gasteiger partial charge in [0.1, 0.15) is 5.54 Å². The summed E-state index contributed by atoms with van der Waals surface area (Å²) in [6.07, 6.45) is 5.84. The molecule has 0 aromatic heterocycles. The quantitative estimate of drug-likeness (QED) is 0.827. The second-order valence-electron chi connectivity index (χ2n) is 8.20. The van der Waals surface area contributed by atoms with Crippen LogP contribution in [0.15, 0.2) is 30.3 Å². The van der Waals surface area contributed by atoms with Gasteiger partial charge in [-0.1, -0.05) is 30.3 Å². The van der Waals surface area contributed by atoms with Crippen LogP contribution >= 0.6 is 0 Å². The SMILES string of the molecule is CN1C(=O)N(C2CCC(O)CC2)C(=O)[C@]12CC[C@H](c1ccccc1)CC2. The predicted octanol–water partition coefficient (Wildman–Crippen LogP) is 3.28. The number of amides is 3. The number of benzene rings is 1. The van der Waals surface area contributed by atoms with Crippen molar-refractivity contribution >= 4 is 11.9 Å². The number of aliphatic hydroxyl groups is 1. The predicted molar refractivity (Wildman–Crippen MR) is 98.6 cm³/mol. The Morgan fingerprint density at radius 3 is 2.19 bits per heavy atom. The van der Waals surface area contributed by atoms with Crippen LogP contribution in [-0.4, -0.2) is 51.6 Å². The lowest BCUT2D eigenvalue weighted by molar-refractivity contribution is -0.136. The Balaban J connectivity index is 1.50. The topological polar surface area (TPSA) is 60.9 Å². The number of likely N-dealkylation sites (N-methyl/N-ethyl adjacent to an activating group) is 1. The number of urea groups is 1. The third-order valence-electron chi connectivity index (χ3n) is 6.87. The number of carbonyl (C=O) groups is 2. The summed E-state index contributed by atoms with van der Waals surface area (Å²) in [5.41, 5.74) is 0.679. The van der Waals surface area contributed by atoms with Gasteiger partial charge in [0, 0.05) is 13.1 Å². The van der Waals surface area contributed by atoms with Crippen molar-refractivity contribution in [3.05, 3.63) is 35.9 Å². The first kappa shape index (κ1) is 17.5. The normalized spacial score (nSPS) is 35.4. The molecule has 1 saturated heterocycles. The number of nitrogens with zero attached hydrogens (tertiary/aromatic N) is 2. The van der Waals surface area contributed by atoms with Crippen molar-refractivity contribution < 1.29 is 14.7 Å². The molecule has 2 aliphatic carbocycles. The van der Waals surface area contributed by atoms with Crippen LogP contribution in [0.5, 0.6) is 0 Å². The Bertz CT molecular complexity index is 674. The molecule has 3 amide bonds. The summed E-state index contributed by atoms with van der Waals surface area (Å²) in [5, 5.41) is 9.73. The molecule has 1 aromatic carbocycles. The van der Waals surface area contributed by atoms with Gasteiger partial charge in [-0.3, -0.25) is 9.69 Å². The molecule has 5 nitrogen and oxygen atoms in total. The van der Waals surface area contributed by atoms with E-state index in [1.807, 2.05) is 6.07 Å². The van der Waals surface area contributed by atoms with Gasteiger partial charge in [0.05, 0.1) is 6.10 Å². The fraction of sp³-hybridized carbons (Fsp3) is 0.619. The molecule has 4 rings (SSSR count). The Kier molecular flexibility index (Phi) is 4.51. The Hall–Kier alpha value is -1.88. The van der Waals surface area contributed by atoms with E-state index in [1.54, 1.807) is 11.9 Å². The van der Waals surface area contributed by atoms with E-state index in [-0.39, 0.29) is 24.1 Å². The molecule has 26 heavy (non-hydrogen) atoms. The fourth-order valence-electron chi connectivity index (χ4n) is 5.14. The van der Waals surface area contributed by atoms with Gasteiger partial charge >= 0.3 is 6.03 Å². The van der Waals surface area contributed by atoms with Crippen molar-refractivity contribution in [1.29, 1.82) is 0 Å². The molecule has 1 heterocycles. The molecule has 140 valence electrons. The van der Waals surface area contributed by atoms with Crippen LogP contribution in [0.2, 0.25) is 0 Å². The Morgan fingerprint density at radius 1 is 0.962 bits per heavy atom. The van der Waals surface area contributed by atoms with E-state index >= 15 is 0 Å². The summed E-state index contributed by atoms with van der Waals surface area (Å²) in [6.45, 7) is 0. The van der Waals surface area contributed by atoms with E-state index < -0.39 is 5.54 Å². The highest BCUT2D eigenvalue weighted by molar-refractivity contribution is 6.07. The molecule has 1 aromatic rings. The summed E-state index contributed by atoms with van der Waals surface area (Å²) in [6, 6.07) is 10.3. The average Bonchev–Trinajstić information content (AvgIpc) is 2.85. The molecule has 2 saturated carbocycles. The van der Waals surface area contributed by atoms with Gasteiger partial charge in [-0.15, -0.1) is 0 Å². The van der Waals surface area contributed by atoms with Crippen molar-refractivity contribution in [1.82, 2.24) is 9.80 Å². The molecule has 3 fully saturated rings. The van der Waals surface area contributed by atoms with Gasteiger partial charge in [0.25, 0.3) is 5.91 Å². The highest BCUT2D eigenvalue weighted by Crippen LogP contribution is 2.45. The van der Waals surface area contributed by atoms with Gasteiger partial charge in [-0.25, -0.2) is 4.79 Å². The maximum atomic E-state index is 13.3. The van der Waals surface area contributed by atoms with Crippen molar-refractivity contribution in [3.63, 3.8) is 0 Å². The van der Waals surface area contributed by atoms with Crippen molar-refractivity contribution in [2.75, 3.05) is 7.05 Å². The minimum atomic E-state index is -0.654. The van der Waals surface area contributed by atoms with E-state index in [4.69, 9.17) is 0 Å². The maximum absolute atomic E-state index is 13.3. The standard InChI is InChI=1S/C21H28N2O3/c1-22-20(26)23(17-7-9-18(24)10-8-17)19(25)21(22)13-11-16(12-14-21)15-5-3-2-4-6-15/h2-6,16-18,24H,7-14H2,1H3/t16-,17?,18?,21+. The van der Waals surface area contributed by atoms with Gasteiger partial charge < -0.3 is 10.0 Å². The lowest BCUT2D eigenvalue weighted by Crippen LogP contribution is -2.51. The Labute approximate surface area is 155 Å². The molecular weight excluding hydrogens is 328 g/mol. The lowest BCUT2D eigenvalue weighted by Gasteiger charge is -2.39. The van der Waals surface area contributed by atoms with Crippen LogP contribution < -0.4 is 0 Å². The second-order valence-corrected chi connectivity index (χ2v) is 8.20. The van der Waals surface area contributed by atoms with Crippen molar-refractivity contribution in [2.45, 2.75) is 75.0 Å². The average molecular weight is 356 g/mol. The fourth-order valence-corrected chi connectivity index (χ4v) is 5.14. The van der Waals surface area contributed by atoms with E-state index in [9.17, 15) is 14.7 Å². The molecule has 0 unspecified atom stereocenters. The van der Waals surface area contributed by atoms with E-state index in [2.05, 4.69) is 24.3 Å². The monoisotopic (exact) mass is 356 g/mol. The summed E-state index contributed by atoms with van der Waals surface area (Å²) in [7, 11) is 1.79. The second kappa shape index (κ2) is 6.69. The smallest absolute Gasteiger partial charge is 0.327 e. The third-order valence-corrected chi connectivity index (χ3v) is 6.87. The first-order valence-corrected chi connectivity index (χ1v) is 9.87. The van der Waals surface area contributed by atoms with Crippen molar-refractivity contribution in [2.24, 2.45) is 0 Å². The first-order chi connectivity index (χ1) is 12.5. The van der Waals surface area contributed by atoms with Gasteiger partial charge in [-0.2, -0.15) is 0 Å². The number of imide groups is 1. The summed E-state index contributed by atoms with van der Waals surface area (Å²) in [4.78, 5) is 29.5. The van der Waals surface area contributed by atoms with Crippen LogP contribution in [0.1, 0.15) is 62.8 Å². The molecule has 0 radical (unpaired) electrons. The summed E-state index contributed by atoms with van der Waals surface area (Å²) < 4.78 is 0. The zero-order chi connectivity index (χ0) is 18.3. The molecule has 0 bridgehead atoms. The Morgan fingerprint density at radius 2 is 1.58 bits per heavy atom. The highest BCUT2D eigenvalue weighted by atomic mass is 16.3. The number of hydrogen-bond acceptors (Lipinski definition) is 3. The minimum absolute atomic E-state index is 0.00194. The minimum Gasteiger partial charge on any atom is -0.393 e. The molecule has 0 atom stereocenters. The zero-order valence-electron chi connectivity index (χ0n) is 15.4. The number of hydrogen-bond donors (Lipinski definition) is 1. The molecule has 1 spiro atoms. The van der Waals surface area contributed by atoms with Crippen LogP contribution in [-0.2, 0) is 4.79 Å². The van der Waals surface area contributed by atoms with Crippen molar-refractivity contribution in [3.8, 4) is 0 Å². The van der Waals surface area contributed by atoms with E-state index in [1.165, 1.54) is 10.5 Å². The maximum Gasteiger partial charge on any atom is 0.327 e. The molecule has 5 heteroatoms. The van der Waals surface area contributed by atoms with Crippen LogP contribution in [0.25, 0.3) is 0 Å². The number of carbonyl (C=O) groups excluding carboxylic acids is 2. The van der Waals surface area contributed by atoms with E-state index in [0.29, 0.717) is 18.8 Å². The van der Waals surface area contributed by atoms with Crippen LogP contribution in [0.3, 0.4) is 0 Å². The molecule has 1 N–H and O–H groups in total. The first-order valence-electron chi connectivity index (χ1n) is 9.87. The molecule has 3 aliphatic rings. The highest BCUT2D eigenvalue weighted by Gasteiger charge is 2.58. The molecule has 1 aliphatic heterocycles. The summed E-state index contributed by atoms with van der Waals surface area (Å²) >= 11 is 0. The van der Waals surface area contributed by atoms with Gasteiger partial charge in [-0.05, 0) is 62.8 Å². The zero-order valence-corrected chi connectivity index (χ0v) is 15.4. The van der Waals surface area contributed by atoms with E-state index in [0.717, 1.165) is 38.5 Å². The van der Waals surface area contributed by atoms with Crippen LogP contribution in [0.4, 0.5) is 4.79 Å². The van der Waals surface area contributed by atoms with Gasteiger partial charge in [0.15, 0.2) is 0 Å². The van der Waals surface area contributed by atoms with Crippen LogP contribution in [0, 0.1) is 0 Å². The molecular formula is C21H28N2O3. The number of rotatable bonds is 2. The summed E-state index contributed by atoms with van der Waals surface area (Å²) in [5.74, 6) is 0.468. The lowest BCUT2D eigenvalue weighted by atomic mass is 9.73. The van der Waals surface area contributed by atoms with Gasteiger partial charge in [0.2, 0.25) is 0 Å². The third kappa shape index (κ3) is 2.73. The number of aliphatic hydroxyl groups excluding tert-OH is 1. The largest absolute Gasteiger partial charge is 0.393 e.